The van der Waals surface area contributed by atoms with Gasteiger partial charge in [0.25, 0.3) is 5.56 Å². The molecule has 1 saturated heterocycles. The van der Waals surface area contributed by atoms with Gasteiger partial charge in [-0.2, -0.15) is 0 Å². The molecule has 1 aromatic heterocycles. The topological polar surface area (TPSA) is 45.3 Å². The van der Waals surface area contributed by atoms with Crippen LogP contribution in [0.3, 0.4) is 0 Å². The number of halogens is 1. The van der Waals surface area contributed by atoms with Crippen LogP contribution in [0.25, 0.3) is 22.0 Å². The van der Waals surface area contributed by atoms with E-state index in [2.05, 4.69) is 16.0 Å². The first-order chi connectivity index (χ1) is 11.7. The lowest BCUT2D eigenvalue weighted by Gasteiger charge is -2.29. The predicted molar refractivity (Wildman–Crippen MR) is 98.0 cm³/mol. The van der Waals surface area contributed by atoms with Gasteiger partial charge in [-0.3, -0.25) is 4.79 Å². The summed E-state index contributed by atoms with van der Waals surface area (Å²) in [6.45, 7) is 3.14. The van der Waals surface area contributed by atoms with Crippen LogP contribution >= 0.6 is 11.6 Å². The summed E-state index contributed by atoms with van der Waals surface area (Å²) in [6.07, 6.45) is 0. The molecule has 122 valence electrons. The van der Waals surface area contributed by atoms with Gasteiger partial charge in [-0.15, -0.1) is 0 Å². The summed E-state index contributed by atoms with van der Waals surface area (Å²) in [7, 11) is 0. The van der Waals surface area contributed by atoms with Crippen LogP contribution in [0.2, 0.25) is 5.02 Å². The number of ether oxygens (including phenoxy) is 1. The zero-order valence-electron chi connectivity index (χ0n) is 13.1. The molecule has 0 spiro atoms. The summed E-state index contributed by atoms with van der Waals surface area (Å²) in [5, 5.41) is 2.22. The molecule has 0 bridgehead atoms. The molecule has 1 N–H and O–H groups in total. The molecule has 0 aliphatic carbocycles. The van der Waals surface area contributed by atoms with Crippen molar-refractivity contribution in [2.45, 2.75) is 0 Å². The molecule has 0 unspecified atom stereocenters. The maximum Gasteiger partial charge on any atom is 0.256 e. The minimum atomic E-state index is -0.0995. The molecule has 2 aromatic carbocycles. The lowest BCUT2D eigenvalue weighted by atomic mass is 10.1. The van der Waals surface area contributed by atoms with E-state index in [1.807, 2.05) is 42.5 Å². The van der Waals surface area contributed by atoms with Gasteiger partial charge in [-0.1, -0.05) is 35.9 Å². The Balaban J connectivity index is 1.80. The van der Waals surface area contributed by atoms with Crippen molar-refractivity contribution in [3.8, 4) is 11.3 Å². The smallest absolute Gasteiger partial charge is 0.256 e. The van der Waals surface area contributed by atoms with Crippen LogP contribution in [0, 0.1) is 0 Å². The summed E-state index contributed by atoms with van der Waals surface area (Å²) < 4.78 is 5.39. The molecule has 0 amide bonds. The zero-order valence-corrected chi connectivity index (χ0v) is 13.8. The fraction of sp³-hybridized carbons (Fsp3) is 0.211. The van der Waals surface area contributed by atoms with Crippen LogP contribution in [-0.4, -0.2) is 31.3 Å². The average Bonchev–Trinajstić information content (AvgIpc) is 2.62. The lowest BCUT2D eigenvalue weighted by molar-refractivity contribution is 0.122. The van der Waals surface area contributed by atoms with Crippen LogP contribution < -0.4 is 10.5 Å². The molecule has 0 radical (unpaired) electrons. The van der Waals surface area contributed by atoms with E-state index in [-0.39, 0.29) is 5.56 Å². The van der Waals surface area contributed by atoms with Crippen LogP contribution in [0.4, 0.5) is 5.69 Å². The summed E-state index contributed by atoms with van der Waals surface area (Å²) in [5.41, 5.74) is 2.52. The quantitative estimate of drug-likeness (QED) is 0.774. The number of hydrogen-bond acceptors (Lipinski definition) is 3. The molecule has 24 heavy (non-hydrogen) atoms. The molecule has 2 heterocycles. The summed E-state index contributed by atoms with van der Waals surface area (Å²) >= 11 is 6.25. The number of nitrogens with one attached hydrogen (secondary N) is 1. The number of anilines is 1. The van der Waals surface area contributed by atoms with Gasteiger partial charge in [0.15, 0.2) is 0 Å². The minimum Gasteiger partial charge on any atom is -0.378 e. The van der Waals surface area contributed by atoms with E-state index in [9.17, 15) is 4.79 Å². The van der Waals surface area contributed by atoms with Gasteiger partial charge in [-0.25, -0.2) is 0 Å². The Bertz CT molecular complexity index is 945. The van der Waals surface area contributed by atoms with Crippen molar-refractivity contribution in [1.29, 1.82) is 0 Å². The van der Waals surface area contributed by atoms with E-state index >= 15 is 0 Å². The van der Waals surface area contributed by atoms with E-state index in [4.69, 9.17) is 16.3 Å². The number of aromatic nitrogens is 1. The van der Waals surface area contributed by atoms with Gasteiger partial charge in [-0.05, 0) is 29.7 Å². The van der Waals surface area contributed by atoms with Gasteiger partial charge < -0.3 is 14.6 Å². The number of pyridine rings is 1. The first kappa shape index (κ1) is 15.2. The number of nitrogens with zero attached hydrogens (tertiary/aromatic N) is 1. The van der Waals surface area contributed by atoms with Crippen molar-refractivity contribution < 1.29 is 4.74 Å². The second-order valence-corrected chi connectivity index (χ2v) is 6.27. The Morgan fingerprint density at radius 2 is 1.83 bits per heavy atom. The fourth-order valence-corrected chi connectivity index (χ4v) is 3.33. The number of aromatic amines is 1. The summed E-state index contributed by atoms with van der Waals surface area (Å²) in [5.74, 6) is 0. The molecule has 1 fully saturated rings. The molecule has 4 rings (SSSR count). The first-order valence-corrected chi connectivity index (χ1v) is 8.35. The van der Waals surface area contributed by atoms with E-state index in [0.29, 0.717) is 10.4 Å². The van der Waals surface area contributed by atoms with Crippen LogP contribution in [0.1, 0.15) is 0 Å². The molecular formula is C19H17ClN2O2. The molecule has 3 aromatic rings. The Kier molecular flexibility index (Phi) is 4.00. The van der Waals surface area contributed by atoms with Crippen molar-refractivity contribution in [2.24, 2.45) is 0 Å². The molecule has 5 heteroatoms. The van der Waals surface area contributed by atoms with Crippen LogP contribution in [0.5, 0.6) is 0 Å². The molecule has 0 atom stereocenters. The number of rotatable bonds is 2. The van der Waals surface area contributed by atoms with Crippen molar-refractivity contribution in [3.05, 3.63) is 63.9 Å². The monoisotopic (exact) mass is 340 g/mol. The van der Waals surface area contributed by atoms with Crippen molar-refractivity contribution in [2.75, 3.05) is 31.2 Å². The van der Waals surface area contributed by atoms with Crippen molar-refractivity contribution >= 4 is 28.1 Å². The number of morpholine rings is 1. The predicted octanol–water partition coefficient (Wildman–Crippen LogP) is 3.69. The second kappa shape index (κ2) is 6.30. The van der Waals surface area contributed by atoms with Gasteiger partial charge in [0.1, 0.15) is 0 Å². The molecule has 1 aliphatic rings. The van der Waals surface area contributed by atoms with Crippen molar-refractivity contribution in [3.63, 3.8) is 0 Å². The third-order valence-corrected chi connectivity index (χ3v) is 4.70. The third kappa shape index (κ3) is 2.79. The Labute approximate surface area is 144 Å². The maximum atomic E-state index is 12.6. The Hall–Kier alpha value is -2.30. The normalized spacial score (nSPS) is 15.0. The number of H-pyrrole nitrogens is 1. The van der Waals surface area contributed by atoms with E-state index < -0.39 is 0 Å². The third-order valence-electron chi connectivity index (χ3n) is 4.37. The van der Waals surface area contributed by atoms with Gasteiger partial charge >= 0.3 is 0 Å². The SMILES string of the molecule is O=c1[nH]c(-c2ccccc2Cl)cc2ccc(N3CCOCC3)cc12. The van der Waals surface area contributed by atoms with E-state index in [1.54, 1.807) is 0 Å². The molecule has 0 saturated carbocycles. The number of hydrogen-bond donors (Lipinski definition) is 1. The average molecular weight is 341 g/mol. The number of fused-ring (bicyclic) bond motifs is 1. The van der Waals surface area contributed by atoms with Crippen molar-refractivity contribution in [1.82, 2.24) is 4.98 Å². The zero-order chi connectivity index (χ0) is 16.5. The highest BCUT2D eigenvalue weighted by Gasteiger charge is 2.13. The minimum absolute atomic E-state index is 0.0995. The van der Waals surface area contributed by atoms with Crippen LogP contribution in [0.15, 0.2) is 53.3 Å². The lowest BCUT2D eigenvalue weighted by Crippen LogP contribution is -2.36. The van der Waals surface area contributed by atoms with Crippen LogP contribution in [-0.2, 0) is 4.74 Å². The largest absolute Gasteiger partial charge is 0.378 e. The highest BCUT2D eigenvalue weighted by atomic mass is 35.5. The van der Waals surface area contributed by atoms with Gasteiger partial charge in [0, 0.05) is 34.7 Å². The molecule has 1 aliphatic heterocycles. The maximum absolute atomic E-state index is 12.6. The van der Waals surface area contributed by atoms with Gasteiger partial charge in [0.05, 0.1) is 18.9 Å². The Morgan fingerprint density at radius 3 is 2.62 bits per heavy atom. The van der Waals surface area contributed by atoms with E-state index in [0.717, 1.165) is 48.6 Å². The standard InChI is InChI=1S/C19H17ClN2O2/c20-17-4-2-1-3-15(17)18-11-13-5-6-14(12-16(13)19(23)21-18)22-7-9-24-10-8-22/h1-6,11-12H,7-10H2,(H,21,23). The Morgan fingerprint density at radius 1 is 1.04 bits per heavy atom. The van der Waals surface area contributed by atoms with Gasteiger partial charge in [0.2, 0.25) is 0 Å². The number of benzene rings is 2. The summed E-state index contributed by atoms with van der Waals surface area (Å²) in [6, 6.07) is 15.5. The fourth-order valence-electron chi connectivity index (χ4n) is 3.09. The second-order valence-electron chi connectivity index (χ2n) is 5.86. The highest BCUT2D eigenvalue weighted by Crippen LogP contribution is 2.28. The molecular weight excluding hydrogens is 324 g/mol. The first-order valence-electron chi connectivity index (χ1n) is 7.97. The highest BCUT2D eigenvalue weighted by molar-refractivity contribution is 6.33. The van der Waals surface area contributed by atoms with E-state index in [1.165, 1.54) is 0 Å². The molecule has 4 nitrogen and oxygen atoms in total. The summed E-state index contributed by atoms with van der Waals surface area (Å²) in [4.78, 5) is 17.8.